The molecule has 0 spiro atoms. The van der Waals surface area contributed by atoms with Crippen LogP contribution in [0, 0.1) is 16.0 Å². The van der Waals surface area contributed by atoms with E-state index >= 15 is 0 Å². The molecule has 2 atom stereocenters. The van der Waals surface area contributed by atoms with Crippen LogP contribution in [0.1, 0.15) is 13.3 Å². The van der Waals surface area contributed by atoms with Gasteiger partial charge in [0.2, 0.25) is 5.91 Å². The van der Waals surface area contributed by atoms with Crippen molar-refractivity contribution in [3.8, 4) is 0 Å². The summed E-state index contributed by atoms with van der Waals surface area (Å²) in [5.74, 6) is 0.405. The number of nitro groups is 1. The van der Waals surface area contributed by atoms with Gasteiger partial charge in [-0.3, -0.25) is 14.9 Å². The molecule has 1 aromatic rings. The second kappa shape index (κ2) is 5.03. The van der Waals surface area contributed by atoms with Gasteiger partial charge in [-0.15, -0.1) is 0 Å². The first-order valence-electron chi connectivity index (χ1n) is 5.84. The van der Waals surface area contributed by atoms with Crippen LogP contribution in [-0.2, 0) is 4.79 Å². The van der Waals surface area contributed by atoms with E-state index in [1.54, 1.807) is 18.2 Å². The fourth-order valence-electron chi connectivity index (χ4n) is 1.74. The summed E-state index contributed by atoms with van der Waals surface area (Å²) in [5.41, 5.74) is 0.339. The van der Waals surface area contributed by atoms with E-state index in [9.17, 15) is 14.9 Å². The van der Waals surface area contributed by atoms with Crippen molar-refractivity contribution in [3.63, 3.8) is 0 Å². The van der Waals surface area contributed by atoms with E-state index in [-0.39, 0.29) is 24.2 Å². The Balaban J connectivity index is 1.89. The molecule has 2 unspecified atom stereocenters. The Morgan fingerprint density at radius 3 is 2.78 bits per heavy atom. The fourth-order valence-corrected chi connectivity index (χ4v) is 1.74. The van der Waals surface area contributed by atoms with Crippen molar-refractivity contribution in [3.05, 3.63) is 34.4 Å². The summed E-state index contributed by atoms with van der Waals surface area (Å²) in [6.07, 6.45) is 1.01. The van der Waals surface area contributed by atoms with Gasteiger partial charge in [0.15, 0.2) is 0 Å². The maximum Gasteiger partial charge on any atom is 0.292 e. The van der Waals surface area contributed by atoms with Crippen LogP contribution in [0.2, 0.25) is 0 Å². The van der Waals surface area contributed by atoms with Crippen molar-refractivity contribution in [1.29, 1.82) is 0 Å². The summed E-state index contributed by atoms with van der Waals surface area (Å²) in [4.78, 5) is 21.8. The molecule has 0 radical (unpaired) electrons. The molecule has 6 heteroatoms. The number of nitrogens with one attached hydrogen (secondary N) is 2. The van der Waals surface area contributed by atoms with Gasteiger partial charge in [-0.05, 0) is 18.4 Å². The fraction of sp³-hybridized carbons (Fsp3) is 0.417. The Bertz CT molecular complexity index is 475. The Morgan fingerprint density at radius 1 is 1.50 bits per heavy atom. The lowest BCUT2D eigenvalue weighted by atomic mass is 10.2. The standard InChI is InChI=1S/C12H15N3O3/c1-8-6-10(8)14-12(16)7-13-9-4-2-3-5-11(9)15(17)18/h2-5,8,10,13H,6-7H2,1H3,(H,14,16). The molecule has 1 aliphatic rings. The van der Waals surface area contributed by atoms with Crippen LogP contribution < -0.4 is 10.6 Å². The molecule has 1 aliphatic carbocycles. The monoisotopic (exact) mass is 249 g/mol. The largest absolute Gasteiger partial charge is 0.371 e. The van der Waals surface area contributed by atoms with E-state index in [4.69, 9.17) is 0 Å². The Morgan fingerprint density at radius 2 is 2.17 bits per heavy atom. The number of rotatable bonds is 5. The normalized spacial score (nSPS) is 21.2. The summed E-state index contributed by atoms with van der Waals surface area (Å²) in [6, 6.07) is 6.55. The highest BCUT2D eigenvalue weighted by Crippen LogP contribution is 2.28. The summed E-state index contributed by atoms with van der Waals surface area (Å²) in [5, 5.41) is 16.4. The molecule has 2 N–H and O–H groups in total. The number of nitro benzene ring substituents is 1. The number of nitrogens with zero attached hydrogens (tertiary/aromatic N) is 1. The van der Waals surface area contributed by atoms with Gasteiger partial charge in [0.25, 0.3) is 5.69 Å². The van der Waals surface area contributed by atoms with Gasteiger partial charge in [-0.2, -0.15) is 0 Å². The van der Waals surface area contributed by atoms with E-state index in [0.29, 0.717) is 11.6 Å². The smallest absolute Gasteiger partial charge is 0.292 e. The van der Waals surface area contributed by atoms with Crippen LogP contribution >= 0.6 is 0 Å². The third-order valence-corrected chi connectivity index (χ3v) is 3.00. The van der Waals surface area contributed by atoms with Crippen molar-refractivity contribution < 1.29 is 9.72 Å². The minimum atomic E-state index is -0.469. The lowest BCUT2D eigenvalue weighted by molar-refractivity contribution is -0.383. The molecular formula is C12H15N3O3. The molecule has 1 saturated carbocycles. The first-order valence-corrected chi connectivity index (χ1v) is 5.84. The van der Waals surface area contributed by atoms with E-state index in [1.807, 2.05) is 0 Å². The number of benzene rings is 1. The molecule has 1 aromatic carbocycles. The number of hydrogen-bond acceptors (Lipinski definition) is 4. The molecule has 1 amide bonds. The third kappa shape index (κ3) is 2.97. The van der Waals surface area contributed by atoms with Crippen LogP contribution in [0.5, 0.6) is 0 Å². The first kappa shape index (κ1) is 12.3. The molecule has 18 heavy (non-hydrogen) atoms. The molecule has 0 aromatic heterocycles. The Hall–Kier alpha value is -2.11. The van der Waals surface area contributed by atoms with Gasteiger partial charge >= 0.3 is 0 Å². The van der Waals surface area contributed by atoms with Crippen molar-refractivity contribution >= 4 is 17.3 Å². The van der Waals surface area contributed by atoms with Gasteiger partial charge in [-0.1, -0.05) is 19.1 Å². The minimum absolute atomic E-state index is 0.0231. The molecule has 1 fully saturated rings. The number of amides is 1. The number of hydrogen-bond donors (Lipinski definition) is 2. The highest BCUT2D eigenvalue weighted by Gasteiger charge is 2.33. The quantitative estimate of drug-likeness (QED) is 0.612. The molecule has 2 rings (SSSR count). The second-order valence-electron chi connectivity index (χ2n) is 4.51. The Labute approximate surface area is 105 Å². The zero-order chi connectivity index (χ0) is 13.1. The maximum atomic E-state index is 11.6. The third-order valence-electron chi connectivity index (χ3n) is 3.00. The van der Waals surface area contributed by atoms with Crippen LogP contribution in [0.3, 0.4) is 0 Å². The second-order valence-corrected chi connectivity index (χ2v) is 4.51. The van der Waals surface area contributed by atoms with E-state index in [2.05, 4.69) is 17.6 Å². The first-order chi connectivity index (χ1) is 8.58. The summed E-state index contributed by atoms with van der Waals surface area (Å²) >= 11 is 0. The van der Waals surface area contributed by atoms with Gasteiger partial charge in [-0.25, -0.2) is 0 Å². The Kier molecular flexibility index (Phi) is 3.45. The predicted octanol–water partition coefficient (Wildman–Crippen LogP) is 1.53. The van der Waals surface area contributed by atoms with Crippen molar-refractivity contribution in [1.82, 2.24) is 5.32 Å². The summed E-state index contributed by atoms with van der Waals surface area (Å²) in [7, 11) is 0. The van der Waals surface area contributed by atoms with E-state index in [1.165, 1.54) is 6.07 Å². The van der Waals surface area contributed by atoms with Gasteiger partial charge < -0.3 is 10.6 Å². The average Bonchev–Trinajstić information content (AvgIpc) is 3.02. The minimum Gasteiger partial charge on any atom is -0.371 e. The summed E-state index contributed by atoms with van der Waals surface area (Å²) in [6.45, 7) is 2.12. The number of carbonyl (C=O) groups excluding carboxylic acids is 1. The number of para-hydroxylation sites is 2. The van der Waals surface area contributed by atoms with Crippen molar-refractivity contribution in [2.24, 2.45) is 5.92 Å². The number of anilines is 1. The lowest BCUT2D eigenvalue weighted by Gasteiger charge is -2.07. The van der Waals surface area contributed by atoms with E-state index in [0.717, 1.165) is 6.42 Å². The number of carbonyl (C=O) groups is 1. The van der Waals surface area contributed by atoms with E-state index < -0.39 is 4.92 Å². The van der Waals surface area contributed by atoms with Crippen LogP contribution in [-0.4, -0.2) is 23.4 Å². The molecule has 96 valence electrons. The van der Waals surface area contributed by atoms with Crippen LogP contribution in [0.15, 0.2) is 24.3 Å². The zero-order valence-corrected chi connectivity index (χ0v) is 10.1. The highest BCUT2D eigenvalue weighted by atomic mass is 16.6. The zero-order valence-electron chi connectivity index (χ0n) is 10.1. The molecule has 0 bridgehead atoms. The molecule has 6 nitrogen and oxygen atoms in total. The summed E-state index contributed by atoms with van der Waals surface area (Å²) < 4.78 is 0. The maximum absolute atomic E-state index is 11.6. The van der Waals surface area contributed by atoms with Gasteiger partial charge in [0.05, 0.1) is 11.5 Å². The van der Waals surface area contributed by atoms with Crippen molar-refractivity contribution in [2.75, 3.05) is 11.9 Å². The van der Waals surface area contributed by atoms with Gasteiger partial charge in [0.1, 0.15) is 5.69 Å². The topological polar surface area (TPSA) is 84.3 Å². The molecule has 0 aliphatic heterocycles. The molecular weight excluding hydrogens is 234 g/mol. The molecule has 0 heterocycles. The van der Waals surface area contributed by atoms with Gasteiger partial charge in [0, 0.05) is 12.1 Å². The predicted molar refractivity (Wildman–Crippen MR) is 67.3 cm³/mol. The highest BCUT2D eigenvalue weighted by molar-refractivity contribution is 5.82. The van der Waals surface area contributed by atoms with Crippen molar-refractivity contribution in [2.45, 2.75) is 19.4 Å². The average molecular weight is 249 g/mol. The molecule has 0 saturated heterocycles. The van der Waals surface area contributed by atoms with Crippen LogP contribution in [0.4, 0.5) is 11.4 Å². The SMILES string of the molecule is CC1CC1NC(=O)CNc1ccccc1[N+](=O)[O-]. The van der Waals surface area contributed by atoms with Crippen LogP contribution in [0.25, 0.3) is 0 Å². The lowest BCUT2D eigenvalue weighted by Crippen LogP contribution is -2.32.